The highest BCUT2D eigenvalue weighted by atomic mass is 14.9. The van der Waals surface area contributed by atoms with Crippen molar-refractivity contribution in [1.29, 1.82) is 5.26 Å². The van der Waals surface area contributed by atoms with E-state index >= 15 is 0 Å². The first-order chi connectivity index (χ1) is 6.77. The highest BCUT2D eigenvalue weighted by molar-refractivity contribution is 4.89. The molecule has 0 aliphatic heterocycles. The molecule has 0 amide bonds. The van der Waals surface area contributed by atoms with Crippen LogP contribution in [0.5, 0.6) is 0 Å². The largest absolute Gasteiger partial charge is 0.302 e. The van der Waals surface area contributed by atoms with E-state index in [1.54, 1.807) is 0 Å². The molecule has 0 saturated heterocycles. The summed E-state index contributed by atoms with van der Waals surface area (Å²) < 4.78 is 0. The Balaban J connectivity index is 2.25. The van der Waals surface area contributed by atoms with Gasteiger partial charge >= 0.3 is 0 Å². The molecule has 2 nitrogen and oxygen atoms in total. The predicted octanol–water partition coefficient (Wildman–Crippen LogP) is 2.70. The zero-order valence-electron chi connectivity index (χ0n) is 9.42. The van der Waals surface area contributed by atoms with Gasteiger partial charge in [0.25, 0.3) is 0 Å². The van der Waals surface area contributed by atoms with E-state index in [1.165, 1.54) is 25.7 Å². The number of rotatable bonds is 4. The summed E-state index contributed by atoms with van der Waals surface area (Å²) in [5, 5.41) is 12.2. The van der Waals surface area contributed by atoms with E-state index in [2.05, 4.69) is 25.2 Å². The molecule has 3 atom stereocenters. The summed E-state index contributed by atoms with van der Waals surface area (Å²) in [7, 11) is 0. The van der Waals surface area contributed by atoms with E-state index < -0.39 is 0 Å². The van der Waals surface area contributed by atoms with Gasteiger partial charge in [0.1, 0.15) is 0 Å². The van der Waals surface area contributed by atoms with Crippen LogP contribution in [0.2, 0.25) is 0 Å². The lowest BCUT2D eigenvalue weighted by atomic mass is 9.80. The quantitative estimate of drug-likeness (QED) is 0.747. The van der Waals surface area contributed by atoms with E-state index in [-0.39, 0.29) is 6.04 Å². The van der Waals surface area contributed by atoms with Crippen molar-refractivity contribution in [3.63, 3.8) is 0 Å². The Morgan fingerprint density at radius 1 is 1.43 bits per heavy atom. The van der Waals surface area contributed by atoms with Crippen LogP contribution in [0.3, 0.4) is 0 Å². The lowest BCUT2D eigenvalue weighted by Gasteiger charge is -2.29. The molecule has 0 radical (unpaired) electrons. The maximum atomic E-state index is 8.81. The zero-order chi connectivity index (χ0) is 10.4. The monoisotopic (exact) mass is 194 g/mol. The number of hydrogen-bond donors (Lipinski definition) is 1. The summed E-state index contributed by atoms with van der Waals surface area (Å²) in [6, 6.07) is 2.35. The van der Waals surface area contributed by atoms with Gasteiger partial charge in [-0.15, -0.1) is 0 Å². The predicted molar refractivity (Wildman–Crippen MR) is 58.8 cm³/mol. The molecule has 1 aliphatic carbocycles. The second kappa shape index (κ2) is 6.03. The van der Waals surface area contributed by atoms with Crippen molar-refractivity contribution >= 4 is 0 Å². The highest BCUT2D eigenvalue weighted by Crippen LogP contribution is 2.28. The Kier molecular flexibility index (Phi) is 4.97. The average Bonchev–Trinajstić information content (AvgIpc) is 2.22. The summed E-state index contributed by atoms with van der Waals surface area (Å²) in [5.74, 6) is 1.64. The first-order valence-electron chi connectivity index (χ1n) is 5.91. The molecule has 0 aromatic rings. The molecule has 1 fully saturated rings. The Morgan fingerprint density at radius 2 is 2.14 bits per heavy atom. The van der Waals surface area contributed by atoms with Gasteiger partial charge in [-0.25, -0.2) is 0 Å². The van der Waals surface area contributed by atoms with Crippen LogP contribution in [-0.2, 0) is 0 Å². The fourth-order valence-electron chi connectivity index (χ4n) is 2.27. The molecule has 1 saturated carbocycles. The van der Waals surface area contributed by atoms with Crippen molar-refractivity contribution in [2.24, 2.45) is 11.8 Å². The van der Waals surface area contributed by atoms with Crippen LogP contribution in [0.25, 0.3) is 0 Å². The van der Waals surface area contributed by atoms with Crippen LogP contribution in [0, 0.1) is 23.2 Å². The normalized spacial score (nSPS) is 29.5. The van der Waals surface area contributed by atoms with Gasteiger partial charge in [0.2, 0.25) is 0 Å². The second-order valence-electron chi connectivity index (χ2n) is 4.52. The molecule has 0 aromatic carbocycles. The molecule has 0 heterocycles. The van der Waals surface area contributed by atoms with Gasteiger partial charge in [-0.05, 0) is 31.2 Å². The lowest BCUT2D eigenvalue weighted by molar-refractivity contribution is 0.244. The van der Waals surface area contributed by atoms with Crippen molar-refractivity contribution in [2.75, 3.05) is 6.54 Å². The van der Waals surface area contributed by atoms with Gasteiger partial charge in [0, 0.05) is 0 Å². The van der Waals surface area contributed by atoms with Gasteiger partial charge in [-0.3, -0.25) is 0 Å². The standard InChI is InChI=1S/C12H22N2/c1-3-12(8-13)14-9-11-7-5-4-6-10(11)2/h10-12,14H,3-7,9H2,1-2H3. The molecule has 0 aromatic heterocycles. The zero-order valence-corrected chi connectivity index (χ0v) is 9.42. The molecule has 1 N–H and O–H groups in total. The summed E-state index contributed by atoms with van der Waals surface area (Å²) in [6.07, 6.45) is 6.40. The van der Waals surface area contributed by atoms with Gasteiger partial charge in [0.05, 0.1) is 12.1 Å². The molecular weight excluding hydrogens is 172 g/mol. The van der Waals surface area contributed by atoms with E-state index in [0.29, 0.717) is 0 Å². The van der Waals surface area contributed by atoms with Crippen molar-refractivity contribution in [3.8, 4) is 6.07 Å². The highest BCUT2D eigenvalue weighted by Gasteiger charge is 2.21. The van der Waals surface area contributed by atoms with Crippen molar-refractivity contribution in [3.05, 3.63) is 0 Å². The van der Waals surface area contributed by atoms with Gasteiger partial charge in [-0.2, -0.15) is 5.26 Å². The molecule has 0 spiro atoms. The van der Waals surface area contributed by atoms with Crippen LogP contribution in [0.15, 0.2) is 0 Å². The van der Waals surface area contributed by atoms with Crippen LogP contribution >= 0.6 is 0 Å². The Labute approximate surface area is 87.7 Å². The van der Waals surface area contributed by atoms with Crippen LogP contribution in [0.4, 0.5) is 0 Å². The third-order valence-electron chi connectivity index (χ3n) is 3.48. The minimum Gasteiger partial charge on any atom is -0.302 e. The van der Waals surface area contributed by atoms with Crippen LogP contribution < -0.4 is 5.32 Å². The minimum atomic E-state index is 0.0594. The van der Waals surface area contributed by atoms with Gasteiger partial charge in [-0.1, -0.05) is 33.1 Å². The Bertz CT molecular complexity index is 195. The summed E-state index contributed by atoms with van der Waals surface area (Å²) in [4.78, 5) is 0. The Hall–Kier alpha value is -0.550. The maximum absolute atomic E-state index is 8.81. The molecule has 0 bridgehead atoms. The summed E-state index contributed by atoms with van der Waals surface area (Å²) in [5.41, 5.74) is 0. The summed E-state index contributed by atoms with van der Waals surface area (Å²) in [6.45, 7) is 5.44. The topological polar surface area (TPSA) is 35.8 Å². The smallest absolute Gasteiger partial charge is 0.0950 e. The fourth-order valence-corrected chi connectivity index (χ4v) is 2.27. The molecule has 14 heavy (non-hydrogen) atoms. The van der Waals surface area contributed by atoms with E-state index in [9.17, 15) is 0 Å². The third-order valence-corrected chi connectivity index (χ3v) is 3.48. The van der Waals surface area contributed by atoms with Crippen LogP contribution in [0.1, 0.15) is 46.0 Å². The second-order valence-corrected chi connectivity index (χ2v) is 4.52. The third kappa shape index (κ3) is 3.31. The van der Waals surface area contributed by atoms with Gasteiger partial charge < -0.3 is 5.32 Å². The van der Waals surface area contributed by atoms with Crippen molar-refractivity contribution in [2.45, 2.75) is 52.0 Å². The molecule has 80 valence electrons. The van der Waals surface area contributed by atoms with E-state index in [1.807, 2.05) is 0 Å². The van der Waals surface area contributed by atoms with E-state index in [0.717, 1.165) is 24.8 Å². The first-order valence-corrected chi connectivity index (χ1v) is 5.91. The van der Waals surface area contributed by atoms with Crippen molar-refractivity contribution < 1.29 is 0 Å². The number of hydrogen-bond acceptors (Lipinski definition) is 2. The molecule has 1 rings (SSSR count). The van der Waals surface area contributed by atoms with Gasteiger partial charge in [0.15, 0.2) is 0 Å². The van der Waals surface area contributed by atoms with E-state index in [4.69, 9.17) is 5.26 Å². The SMILES string of the molecule is CCC(C#N)NCC1CCCCC1C. The van der Waals surface area contributed by atoms with Crippen molar-refractivity contribution in [1.82, 2.24) is 5.32 Å². The van der Waals surface area contributed by atoms with Crippen LogP contribution in [-0.4, -0.2) is 12.6 Å². The molecule has 3 unspecified atom stereocenters. The maximum Gasteiger partial charge on any atom is 0.0950 e. The lowest BCUT2D eigenvalue weighted by Crippen LogP contribution is -2.35. The average molecular weight is 194 g/mol. The number of nitrogens with one attached hydrogen (secondary N) is 1. The Morgan fingerprint density at radius 3 is 2.71 bits per heavy atom. The fraction of sp³-hybridized carbons (Fsp3) is 0.917. The first kappa shape index (κ1) is 11.5. The summed E-state index contributed by atoms with van der Waals surface area (Å²) >= 11 is 0. The number of nitrogens with zero attached hydrogens (tertiary/aromatic N) is 1. The molecular formula is C12H22N2. The minimum absolute atomic E-state index is 0.0594. The number of nitriles is 1. The molecule has 1 aliphatic rings. The molecule has 2 heteroatoms.